The van der Waals surface area contributed by atoms with Crippen LogP contribution in [-0.4, -0.2) is 142 Å². The Morgan fingerprint density at radius 3 is 1.24 bits per heavy atom. The standard InChI is InChI=1S/C68H118O14/c1-3-5-7-9-11-13-15-17-19-21-23-25-27-28-29-30-32-34-36-38-40-42-44-46-48-50-52-77-54-57(55-78-67-66(76)64(74)62(72)59(82-67)56-79-68-65(75)63(73)61(71)58(53-69)81-68)80-60(70)51-49-47-45-43-41-39-37-35-33-31-26-24-22-20-18-16-14-12-10-8-6-4-2/h5,7,11,13,17,19,23,25,28-29,32,34,38,40,57-59,61-69,71-76H,3-4,6,8-10,12,14-16,18,20-22,24,26-27,30-31,33,35-37,39,41-56H2,1-2H3/b7-5-,13-11-,19-17-,25-23-,29-28-,34-32-,40-38-. The van der Waals surface area contributed by atoms with E-state index < -0.39 is 80.7 Å². The summed E-state index contributed by atoms with van der Waals surface area (Å²) in [5.74, 6) is -0.384. The molecule has 2 fully saturated rings. The zero-order chi connectivity index (χ0) is 59.4. The number of esters is 1. The summed E-state index contributed by atoms with van der Waals surface area (Å²) in [7, 11) is 0. The van der Waals surface area contributed by atoms with Gasteiger partial charge in [0.15, 0.2) is 12.6 Å². The number of aliphatic hydroxyl groups excluding tert-OH is 7. The molecule has 0 radical (unpaired) electrons. The molecule has 2 heterocycles. The lowest BCUT2D eigenvalue weighted by Crippen LogP contribution is -2.61. The Morgan fingerprint density at radius 1 is 0.415 bits per heavy atom. The van der Waals surface area contributed by atoms with E-state index >= 15 is 0 Å². The van der Waals surface area contributed by atoms with Crippen LogP contribution in [-0.2, 0) is 33.2 Å². The number of allylic oxidation sites excluding steroid dienone is 14. The third kappa shape index (κ3) is 39.0. The molecule has 0 aliphatic carbocycles. The van der Waals surface area contributed by atoms with E-state index in [1.54, 1.807) is 0 Å². The monoisotopic (exact) mass is 1160 g/mol. The van der Waals surface area contributed by atoms with Crippen LogP contribution in [0.1, 0.15) is 239 Å². The predicted molar refractivity (Wildman–Crippen MR) is 330 cm³/mol. The molecule has 82 heavy (non-hydrogen) atoms. The van der Waals surface area contributed by atoms with Crippen molar-refractivity contribution in [1.82, 2.24) is 0 Å². The van der Waals surface area contributed by atoms with Crippen molar-refractivity contribution in [1.29, 1.82) is 0 Å². The van der Waals surface area contributed by atoms with Gasteiger partial charge in [-0.25, -0.2) is 0 Å². The Kier molecular flexibility index (Phi) is 49.2. The fourth-order valence-electron chi connectivity index (χ4n) is 9.97. The summed E-state index contributed by atoms with van der Waals surface area (Å²) in [6, 6.07) is 0. The second kappa shape index (κ2) is 53.6. The molecule has 2 aliphatic heterocycles. The second-order valence-corrected chi connectivity index (χ2v) is 22.6. The summed E-state index contributed by atoms with van der Waals surface area (Å²) in [4.78, 5) is 13.1. The smallest absolute Gasteiger partial charge is 0.306 e. The van der Waals surface area contributed by atoms with Crippen LogP contribution in [0.25, 0.3) is 0 Å². The van der Waals surface area contributed by atoms with Crippen LogP contribution < -0.4 is 0 Å². The molecule has 2 rings (SSSR count). The zero-order valence-electron chi connectivity index (χ0n) is 51.2. The lowest BCUT2D eigenvalue weighted by atomic mass is 9.98. The van der Waals surface area contributed by atoms with E-state index in [0.717, 1.165) is 96.3 Å². The number of unbranched alkanes of at least 4 members (excludes halogenated alkanes) is 25. The molecule has 0 bridgehead atoms. The fourth-order valence-corrected chi connectivity index (χ4v) is 9.97. The molecular formula is C68H118O14. The molecule has 474 valence electrons. The molecule has 0 saturated carbocycles. The zero-order valence-corrected chi connectivity index (χ0v) is 51.2. The molecule has 7 N–H and O–H groups in total. The Bertz CT molecular complexity index is 1680. The second-order valence-electron chi connectivity index (χ2n) is 22.6. The third-order valence-corrected chi connectivity index (χ3v) is 15.2. The lowest BCUT2D eigenvalue weighted by molar-refractivity contribution is -0.332. The molecule has 0 aromatic heterocycles. The van der Waals surface area contributed by atoms with E-state index in [2.05, 4.69) is 98.9 Å². The Hall–Kier alpha value is -2.83. The van der Waals surface area contributed by atoms with Crippen LogP contribution >= 0.6 is 0 Å². The van der Waals surface area contributed by atoms with E-state index in [4.69, 9.17) is 28.4 Å². The van der Waals surface area contributed by atoms with Gasteiger partial charge in [-0.05, 0) is 70.6 Å². The first kappa shape index (κ1) is 75.3. The third-order valence-electron chi connectivity index (χ3n) is 15.2. The molecule has 2 aliphatic rings. The number of aliphatic hydroxyl groups is 7. The molecule has 0 spiro atoms. The highest BCUT2D eigenvalue weighted by Gasteiger charge is 2.47. The summed E-state index contributed by atoms with van der Waals surface area (Å²) in [6.07, 6.45) is 55.1. The average molecular weight is 1160 g/mol. The lowest BCUT2D eigenvalue weighted by Gasteiger charge is -2.42. The number of ether oxygens (including phenoxy) is 6. The number of carbonyl (C=O) groups excluding carboxylic acids is 1. The molecule has 14 nitrogen and oxygen atoms in total. The van der Waals surface area contributed by atoms with Gasteiger partial charge in [0.1, 0.15) is 54.9 Å². The van der Waals surface area contributed by atoms with Crippen molar-refractivity contribution in [2.45, 2.75) is 306 Å². The first-order valence-corrected chi connectivity index (χ1v) is 32.7. The summed E-state index contributed by atoms with van der Waals surface area (Å²) >= 11 is 0. The van der Waals surface area contributed by atoms with Crippen LogP contribution in [0.3, 0.4) is 0 Å². The highest BCUT2D eigenvalue weighted by atomic mass is 16.7. The molecule has 0 aromatic carbocycles. The largest absolute Gasteiger partial charge is 0.457 e. The van der Waals surface area contributed by atoms with E-state index in [9.17, 15) is 40.5 Å². The Labute approximate surface area is 497 Å². The summed E-state index contributed by atoms with van der Waals surface area (Å²) in [6.45, 7) is 3.54. The molecular weight excluding hydrogens is 1040 g/mol. The van der Waals surface area contributed by atoms with Crippen LogP contribution in [0, 0.1) is 0 Å². The van der Waals surface area contributed by atoms with Crippen LogP contribution in [0.2, 0.25) is 0 Å². The van der Waals surface area contributed by atoms with Gasteiger partial charge in [0.05, 0.1) is 26.4 Å². The molecule has 2 saturated heterocycles. The van der Waals surface area contributed by atoms with E-state index in [-0.39, 0.29) is 25.6 Å². The molecule has 11 atom stereocenters. The minimum Gasteiger partial charge on any atom is -0.457 e. The van der Waals surface area contributed by atoms with Crippen LogP contribution in [0.5, 0.6) is 0 Å². The first-order chi connectivity index (χ1) is 40.1. The minimum absolute atomic E-state index is 0.0417. The SMILES string of the molecule is CC/C=C\C/C=C\C/C=C\C/C=C\C/C=C\C/C=C\C/C=C\CCCCCCOCC(COC1OC(COC2OC(CO)C(O)C(O)C2O)C(O)C(O)C1O)OC(=O)CCCCCCCCCCCCCCCCCCCCCCCC. The van der Waals surface area contributed by atoms with Gasteiger partial charge in [-0.2, -0.15) is 0 Å². The van der Waals surface area contributed by atoms with Gasteiger partial charge in [-0.15, -0.1) is 0 Å². The van der Waals surface area contributed by atoms with Gasteiger partial charge in [-0.3, -0.25) is 4.79 Å². The first-order valence-electron chi connectivity index (χ1n) is 32.7. The quantitative estimate of drug-likeness (QED) is 0.0172. The van der Waals surface area contributed by atoms with Gasteiger partial charge < -0.3 is 64.2 Å². The van der Waals surface area contributed by atoms with Crippen molar-refractivity contribution >= 4 is 5.97 Å². The number of hydrogen-bond donors (Lipinski definition) is 7. The van der Waals surface area contributed by atoms with Crippen molar-refractivity contribution < 1.29 is 69.0 Å². The maximum Gasteiger partial charge on any atom is 0.306 e. The Balaban J connectivity index is 1.69. The van der Waals surface area contributed by atoms with Crippen LogP contribution in [0.4, 0.5) is 0 Å². The fraction of sp³-hybridized carbons (Fsp3) is 0.779. The summed E-state index contributed by atoms with van der Waals surface area (Å²) < 4.78 is 34.5. The van der Waals surface area contributed by atoms with Crippen LogP contribution in [0.15, 0.2) is 85.1 Å². The normalized spacial score (nSPS) is 24.1. The summed E-state index contributed by atoms with van der Waals surface area (Å²) in [5.41, 5.74) is 0. The predicted octanol–water partition coefficient (Wildman–Crippen LogP) is 13.1. The number of carbonyl (C=O) groups is 1. The van der Waals surface area contributed by atoms with E-state index in [0.29, 0.717) is 13.0 Å². The van der Waals surface area contributed by atoms with Crippen molar-refractivity contribution in [2.75, 3.05) is 33.0 Å². The molecule has 11 unspecified atom stereocenters. The highest BCUT2D eigenvalue weighted by molar-refractivity contribution is 5.69. The number of rotatable bonds is 53. The van der Waals surface area contributed by atoms with Crippen molar-refractivity contribution in [3.05, 3.63) is 85.1 Å². The van der Waals surface area contributed by atoms with Gasteiger partial charge in [-0.1, -0.05) is 247 Å². The minimum atomic E-state index is -1.72. The molecule has 14 heteroatoms. The van der Waals surface area contributed by atoms with Gasteiger partial charge in [0, 0.05) is 13.0 Å². The average Bonchev–Trinajstić information content (AvgIpc) is 3.52. The van der Waals surface area contributed by atoms with E-state index in [1.807, 2.05) is 0 Å². The molecule has 0 amide bonds. The highest BCUT2D eigenvalue weighted by Crippen LogP contribution is 2.27. The number of hydrogen-bond acceptors (Lipinski definition) is 14. The van der Waals surface area contributed by atoms with Crippen molar-refractivity contribution in [2.24, 2.45) is 0 Å². The maximum absolute atomic E-state index is 13.1. The maximum atomic E-state index is 13.1. The van der Waals surface area contributed by atoms with Crippen molar-refractivity contribution in [3.8, 4) is 0 Å². The summed E-state index contributed by atoms with van der Waals surface area (Å²) in [5, 5.41) is 72.5. The van der Waals surface area contributed by atoms with Gasteiger partial charge in [0.2, 0.25) is 0 Å². The van der Waals surface area contributed by atoms with Gasteiger partial charge in [0.25, 0.3) is 0 Å². The topological polar surface area (TPSA) is 214 Å². The molecule has 0 aromatic rings. The Morgan fingerprint density at radius 2 is 0.793 bits per heavy atom. The van der Waals surface area contributed by atoms with Gasteiger partial charge >= 0.3 is 5.97 Å². The van der Waals surface area contributed by atoms with E-state index in [1.165, 1.54) is 116 Å². The van der Waals surface area contributed by atoms with Crippen molar-refractivity contribution in [3.63, 3.8) is 0 Å².